The van der Waals surface area contributed by atoms with Crippen molar-refractivity contribution in [2.75, 3.05) is 12.8 Å². The molecular formula is C14H15BrN2O2S. The van der Waals surface area contributed by atoms with E-state index in [0.717, 1.165) is 10.0 Å². The first-order chi connectivity index (χ1) is 9.41. The Hall–Kier alpha value is -1.37. The van der Waals surface area contributed by atoms with Gasteiger partial charge >= 0.3 is 0 Å². The first-order valence-corrected chi connectivity index (χ1v) is 8.20. The first kappa shape index (κ1) is 15.0. The first-order valence-electron chi connectivity index (χ1n) is 5.96. The zero-order valence-electron chi connectivity index (χ0n) is 11.0. The number of benzene rings is 2. The van der Waals surface area contributed by atoms with Gasteiger partial charge in [0, 0.05) is 18.1 Å². The fourth-order valence-corrected chi connectivity index (χ4v) is 3.48. The van der Waals surface area contributed by atoms with Crippen molar-refractivity contribution in [2.24, 2.45) is 0 Å². The molecule has 0 aliphatic rings. The molecule has 20 heavy (non-hydrogen) atoms. The molecule has 0 unspecified atom stereocenters. The molecule has 2 aromatic carbocycles. The van der Waals surface area contributed by atoms with Gasteiger partial charge in [0.25, 0.3) is 0 Å². The van der Waals surface area contributed by atoms with E-state index in [4.69, 9.17) is 5.73 Å². The lowest BCUT2D eigenvalue weighted by molar-refractivity contribution is 0.467. The summed E-state index contributed by atoms with van der Waals surface area (Å²) in [5.41, 5.74) is 6.96. The second kappa shape index (κ2) is 5.95. The van der Waals surface area contributed by atoms with Crippen LogP contribution in [-0.4, -0.2) is 19.8 Å². The zero-order valence-corrected chi connectivity index (χ0v) is 13.4. The third kappa shape index (κ3) is 3.20. The van der Waals surface area contributed by atoms with E-state index in [1.165, 1.54) is 10.4 Å². The molecule has 0 radical (unpaired) electrons. The van der Waals surface area contributed by atoms with Crippen molar-refractivity contribution < 1.29 is 8.42 Å². The van der Waals surface area contributed by atoms with Gasteiger partial charge in [-0.15, -0.1) is 0 Å². The third-order valence-corrected chi connectivity index (χ3v) is 5.28. The van der Waals surface area contributed by atoms with E-state index in [0.29, 0.717) is 6.54 Å². The predicted octanol–water partition coefficient (Wildman–Crippen LogP) is 2.85. The Morgan fingerprint density at radius 3 is 2.40 bits per heavy atom. The van der Waals surface area contributed by atoms with Crippen molar-refractivity contribution in [3.05, 3.63) is 58.6 Å². The zero-order chi connectivity index (χ0) is 14.8. The standard InChI is InChI=1S/C14H15BrN2O2S/c1-17(10-11-5-3-2-4-6-11)20(18,19)14-8-7-12(15)9-13(14)16/h2-9H,10,16H2,1H3. The van der Waals surface area contributed by atoms with Gasteiger partial charge in [-0.05, 0) is 23.8 Å². The minimum atomic E-state index is -3.60. The fourth-order valence-electron chi connectivity index (χ4n) is 1.85. The second-order valence-electron chi connectivity index (χ2n) is 4.43. The maximum absolute atomic E-state index is 12.5. The van der Waals surface area contributed by atoms with E-state index in [1.807, 2.05) is 30.3 Å². The number of sulfonamides is 1. The van der Waals surface area contributed by atoms with Crippen molar-refractivity contribution in [1.29, 1.82) is 0 Å². The van der Waals surface area contributed by atoms with Crippen LogP contribution in [0.25, 0.3) is 0 Å². The van der Waals surface area contributed by atoms with Crippen LogP contribution in [0.5, 0.6) is 0 Å². The molecule has 0 aromatic heterocycles. The summed E-state index contributed by atoms with van der Waals surface area (Å²) < 4.78 is 27.0. The van der Waals surface area contributed by atoms with Crippen LogP contribution in [-0.2, 0) is 16.6 Å². The lowest BCUT2D eigenvalue weighted by atomic mass is 10.2. The van der Waals surface area contributed by atoms with Gasteiger partial charge in [0.2, 0.25) is 10.0 Å². The molecule has 0 spiro atoms. The van der Waals surface area contributed by atoms with E-state index >= 15 is 0 Å². The molecule has 0 fully saturated rings. The predicted molar refractivity (Wildman–Crippen MR) is 83.6 cm³/mol. The summed E-state index contributed by atoms with van der Waals surface area (Å²) in [5.74, 6) is 0. The Morgan fingerprint density at radius 2 is 1.80 bits per heavy atom. The van der Waals surface area contributed by atoms with Gasteiger partial charge in [-0.3, -0.25) is 0 Å². The molecule has 2 aromatic rings. The molecular weight excluding hydrogens is 340 g/mol. The quantitative estimate of drug-likeness (QED) is 0.858. The molecule has 0 atom stereocenters. The van der Waals surface area contributed by atoms with E-state index in [9.17, 15) is 8.42 Å². The highest BCUT2D eigenvalue weighted by Crippen LogP contribution is 2.25. The highest BCUT2D eigenvalue weighted by Gasteiger charge is 2.23. The number of nitrogens with zero attached hydrogens (tertiary/aromatic N) is 1. The Bertz CT molecular complexity index is 702. The third-order valence-electron chi connectivity index (χ3n) is 2.91. The SMILES string of the molecule is CN(Cc1ccccc1)S(=O)(=O)c1ccc(Br)cc1N. The summed E-state index contributed by atoms with van der Waals surface area (Å²) in [4.78, 5) is 0.124. The summed E-state index contributed by atoms with van der Waals surface area (Å²) in [5, 5.41) is 0. The van der Waals surface area contributed by atoms with Crippen LogP contribution in [0.4, 0.5) is 5.69 Å². The van der Waals surface area contributed by atoms with Crippen LogP contribution in [0, 0.1) is 0 Å². The summed E-state index contributed by atoms with van der Waals surface area (Å²) in [6.45, 7) is 0.304. The topological polar surface area (TPSA) is 63.4 Å². The van der Waals surface area contributed by atoms with Gasteiger partial charge in [-0.1, -0.05) is 46.3 Å². The molecule has 0 saturated carbocycles. The van der Waals surface area contributed by atoms with Crippen LogP contribution in [0.15, 0.2) is 57.9 Å². The summed E-state index contributed by atoms with van der Waals surface area (Å²) >= 11 is 3.27. The van der Waals surface area contributed by atoms with Gasteiger partial charge in [0.05, 0.1) is 5.69 Å². The van der Waals surface area contributed by atoms with Gasteiger partial charge in [0.15, 0.2) is 0 Å². The van der Waals surface area contributed by atoms with Crippen LogP contribution >= 0.6 is 15.9 Å². The van der Waals surface area contributed by atoms with Crippen molar-refractivity contribution in [3.8, 4) is 0 Å². The molecule has 0 saturated heterocycles. The molecule has 4 nitrogen and oxygen atoms in total. The van der Waals surface area contributed by atoms with Crippen molar-refractivity contribution in [3.63, 3.8) is 0 Å². The highest BCUT2D eigenvalue weighted by atomic mass is 79.9. The van der Waals surface area contributed by atoms with Gasteiger partial charge in [-0.2, -0.15) is 4.31 Å². The van der Waals surface area contributed by atoms with Crippen molar-refractivity contribution in [1.82, 2.24) is 4.31 Å². The van der Waals surface area contributed by atoms with E-state index in [2.05, 4.69) is 15.9 Å². The maximum atomic E-state index is 12.5. The lowest BCUT2D eigenvalue weighted by Crippen LogP contribution is -2.27. The van der Waals surface area contributed by atoms with E-state index in [-0.39, 0.29) is 10.6 Å². The molecule has 0 amide bonds. The summed E-state index contributed by atoms with van der Waals surface area (Å²) in [7, 11) is -2.05. The van der Waals surface area contributed by atoms with Crippen molar-refractivity contribution in [2.45, 2.75) is 11.4 Å². The van der Waals surface area contributed by atoms with Crippen LogP contribution in [0.2, 0.25) is 0 Å². The average molecular weight is 355 g/mol. The molecule has 2 rings (SSSR count). The highest BCUT2D eigenvalue weighted by molar-refractivity contribution is 9.10. The summed E-state index contributed by atoms with van der Waals surface area (Å²) in [6, 6.07) is 14.2. The smallest absolute Gasteiger partial charge is 0.245 e. The van der Waals surface area contributed by atoms with E-state index in [1.54, 1.807) is 19.2 Å². The summed E-state index contributed by atoms with van der Waals surface area (Å²) in [6.07, 6.45) is 0. The van der Waals surface area contributed by atoms with Crippen LogP contribution < -0.4 is 5.73 Å². The second-order valence-corrected chi connectivity index (χ2v) is 7.36. The van der Waals surface area contributed by atoms with Crippen molar-refractivity contribution >= 4 is 31.6 Å². The molecule has 2 N–H and O–H groups in total. The minimum Gasteiger partial charge on any atom is -0.398 e. The monoisotopic (exact) mass is 354 g/mol. The molecule has 0 aliphatic carbocycles. The lowest BCUT2D eigenvalue weighted by Gasteiger charge is -2.18. The molecule has 0 aliphatic heterocycles. The van der Waals surface area contributed by atoms with E-state index < -0.39 is 10.0 Å². The largest absolute Gasteiger partial charge is 0.398 e. The molecule has 6 heteroatoms. The normalized spacial score (nSPS) is 11.8. The Labute approximate surface area is 127 Å². The maximum Gasteiger partial charge on any atom is 0.245 e. The number of hydrogen-bond acceptors (Lipinski definition) is 3. The molecule has 0 heterocycles. The van der Waals surface area contributed by atoms with Crippen LogP contribution in [0.3, 0.4) is 0 Å². The Kier molecular flexibility index (Phi) is 4.47. The average Bonchev–Trinajstić information content (AvgIpc) is 2.39. The molecule has 106 valence electrons. The van der Waals surface area contributed by atoms with Crippen LogP contribution in [0.1, 0.15) is 5.56 Å². The van der Waals surface area contributed by atoms with Gasteiger partial charge in [-0.25, -0.2) is 8.42 Å². The Morgan fingerprint density at radius 1 is 1.15 bits per heavy atom. The Balaban J connectivity index is 2.30. The van der Waals surface area contributed by atoms with Gasteiger partial charge < -0.3 is 5.73 Å². The van der Waals surface area contributed by atoms with Gasteiger partial charge in [0.1, 0.15) is 4.90 Å². The number of hydrogen-bond donors (Lipinski definition) is 1. The number of halogens is 1. The number of nitrogen functional groups attached to an aromatic ring is 1. The number of anilines is 1. The fraction of sp³-hybridized carbons (Fsp3) is 0.143. The number of rotatable bonds is 4. The number of nitrogens with two attached hydrogens (primary N) is 1. The minimum absolute atomic E-state index is 0.124. The molecule has 0 bridgehead atoms.